The van der Waals surface area contributed by atoms with E-state index in [4.69, 9.17) is 11.6 Å². The highest BCUT2D eigenvalue weighted by molar-refractivity contribution is 6.30. The SMILES string of the molecule is Cc1cc(Cl)ccc1NC(=O)CCNC(=O)Cc1ccccc1. The van der Waals surface area contributed by atoms with E-state index in [-0.39, 0.29) is 18.2 Å². The van der Waals surface area contributed by atoms with Crippen molar-refractivity contribution in [1.29, 1.82) is 0 Å². The maximum Gasteiger partial charge on any atom is 0.226 e. The van der Waals surface area contributed by atoms with Gasteiger partial charge in [-0.3, -0.25) is 9.59 Å². The summed E-state index contributed by atoms with van der Waals surface area (Å²) >= 11 is 5.88. The summed E-state index contributed by atoms with van der Waals surface area (Å²) < 4.78 is 0. The lowest BCUT2D eigenvalue weighted by molar-refractivity contribution is -0.120. The molecule has 0 bridgehead atoms. The fraction of sp³-hybridized carbons (Fsp3) is 0.222. The molecule has 0 atom stereocenters. The van der Waals surface area contributed by atoms with Gasteiger partial charge in [-0.05, 0) is 36.2 Å². The van der Waals surface area contributed by atoms with Crippen molar-refractivity contribution in [3.05, 3.63) is 64.7 Å². The summed E-state index contributed by atoms with van der Waals surface area (Å²) in [5.41, 5.74) is 2.58. The molecule has 0 heterocycles. The molecule has 0 spiro atoms. The number of benzene rings is 2. The van der Waals surface area contributed by atoms with Gasteiger partial charge in [0.25, 0.3) is 0 Å². The molecule has 0 radical (unpaired) electrons. The lowest BCUT2D eigenvalue weighted by Gasteiger charge is -2.09. The molecule has 0 saturated heterocycles. The molecule has 0 aliphatic carbocycles. The molecule has 4 nitrogen and oxygen atoms in total. The molecule has 2 aromatic carbocycles. The lowest BCUT2D eigenvalue weighted by atomic mass is 10.1. The highest BCUT2D eigenvalue weighted by Crippen LogP contribution is 2.19. The van der Waals surface area contributed by atoms with E-state index in [2.05, 4.69) is 10.6 Å². The number of rotatable bonds is 6. The second-order valence-corrected chi connectivity index (χ2v) is 5.71. The number of carbonyl (C=O) groups excluding carboxylic acids is 2. The number of aryl methyl sites for hydroxylation is 1. The normalized spacial score (nSPS) is 10.2. The molecule has 2 aromatic rings. The summed E-state index contributed by atoms with van der Waals surface area (Å²) in [5.74, 6) is -0.234. The second kappa shape index (κ2) is 8.34. The van der Waals surface area contributed by atoms with Crippen molar-refractivity contribution in [2.75, 3.05) is 11.9 Å². The predicted octanol–water partition coefficient (Wildman–Crippen LogP) is 3.34. The van der Waals surface area contributed by atoms with Crippen molar-refractivity contribution in [3.63, 3.8) is 0 Å². The molecule has 0 saturated carbocycles. The van der Waals surface area contributed by atoms with Crippen molar-refractivity contribution in [2.24, 2.45) is 0 Å². The van der Waals surface area contributed by atoms with E-state index in [0.717, 1.165) is 16.8 Å². The minimum atomic E-state index is -0.143. The van der Waals surface area contributed by atoms with Crippen LogP contribution in [0.5, 0.6) is 0 Å². The van der Waals surface area contributed by atoms with Crippen molar-refractivity contribution in [1.82, 2.24) is 5.32 Å². The van der Waals surface area contributed by atoms with Gasteiger partial charge in [-0.1, -0.05) is 41.9 Å². The van der Waals surface area contributed by atoms with Gasteiger partial charge in [0, 0.05) is 23.7 Å². The van der Waals surface area contributed by atoms with Crippen LogP contribution in [0.1, 0.15) is 17.5 Å². The highest BCUT2D eigenvalue weighted by Gasteiger charge is 2.07. The third-order valence-corrected chi connectivity index (χ3v) is 3.58. The van der Waals surface area contributed by atoms with Crippen molar-refractivity contribution < 1.29 is 9.59 Å². The quantitative estimate of drug-likeness (QED) is 0.853. The molecular formula is C18H19ClN2O2. The number of carbonyl (C=O) groups is 2. The van der Waals surface area contributed by atoms with E-state index in [1.807, 2.05) is 37.3 Å². The number of nitrogens with one attached hydrogen (secondary N) is 2. The molecular weight excluding hydrogens is 312 g/mol. The van der Waals surface area contributed by atoms with Crippen LogP contribution in [-0.2, 0) is 16.0 Å². The number of amides is 2. The van der Waals surface area contributed by atoms with E-state index in [1.165, 1.54) is 0 Å². The monoisotopic (exact) mass is 330 g/mol. The summed E-state index contributed by atoms with van der Waals surface area (Å²) in [5, 5.41) is 6.20. The number of hydrogen-bond acceptors (Lipinski definition) is 2. The van der Waals surface area contributed by atoms with E-state index in [0.29, 0.717) is 18.0 Å². The Balaban J connectivity index is 1.73. The number of halogens is 1. The van der Waals surface area contributed by atoms with Crippen molar-refractivity contribution >= 4 is 29.1 Å². The molecule has 0 aliphatic heterocycles. The Morgan fingerprint density at radius 2 is 1.78 bits per heavy atom. The molecule has 23 heavy (non-hydrogen) atoms. The fourth-order valence-corrected chi connectivity index (χ4v) is 2.37. The van der Waals surface area contributed by atoms with Gasteiger partial charge in [-0.15, -0.1) is 0 Å². The largest absolute Gasteiger partial charge is 0.355 e. The minimum absolute atomic E-state index is 0.0910. The zero-order valence-electron chi connectivity index (χ0n) is 12.9. The topological polar surface area (TPSA) is 58.2 Å². The molecule has 120 valence electrons. The van der Waals surface area contributed by atoms with E-state index >= 15 is 0 Å². The Morgan fingerprint density at radius 3 is 2.48 bits per heavy atom. The van der Waals surface area contributed by atoms with Gasteiger partial charge in [0.1, 0.15) is 0 Å². The lowest BCUT2D eigenvalue weighted by Crippen LogP contribution is -2.28. The Morgan fingerprint density at radius 1 is 1.04 bits per heavy atom. The van der Waals surface area contributed by atoms with Crippen LogP contribution in [0.4, 0.5) is 5.69 Å². The molecule has 2 amide bonds. The maximum atomic E-state index is 11.9. The first-order valence-electron chi connectivity index (χ1n) is 7.41. The molecule has 0 aliphatic rings. The summed E-state index contributed by atoms with van der Waals surface area (Å²) in [6, 6.07) is 14.8. The summed E-state index contributed by atoms with van der Waals surface area (Å²) in [7, 11) is 0. The fourth-order valence-electron chi connectivity index (χ4n) is 2.14. The second-order valence-electron chi connectivity index (χ2n) is 5.27. The molecule has 0 fully saturated rings. The van der Waals surface area contributed by atoms with Gasteiger partial charge < -0.3 is 10.6 Å². The first kappa shape index (κ1) is 17.0. The van der Waals surface area contributed by atoms with Crippen LogP contribution >= 0.6 is 11.6 Å². The van der Waals surface area contributed by atoms with Crippen LogP contribution in [-0.4, -0.2) is 18.4 Å². The third kappa shape index (κ3) is 5.75. The first-order valence-corrected chi connectivity index (χ1v) is 7.79. The maximum absolute atomic E-state index is 11.9. The highest BCUT2D eigenvalue weighted by atomic mass is 35.5. The number of hydrogen-bond donors (Lipinski definition) is 2. The van der Waals surface area contributed by atoms with Crippen LogP contribution in [0.15, 0.2) is 48.5 Å². The molecule has 0 aromatic heterocycles. The Kier molecular flexibility index (Phi) is 6.18. The first-order chi connectivity index (χ1) is 11.0. The zero-order chi connectivity index (χ0) is 16.7. The molecule has 0 unspecified atom stereocenters. The minimum Gasteiger partial charge on any atom is -0.355 e. The summed E-state index contributed by atoms with van der Waals surface area (Å²) in [4.78, 5) is 23.7. The average molecular weight is 331 g/mol. The van der Waals surface area contributed by atoms with E-state index in [9.17, 15) is 9.59 Å². The van der Waals surface area contributed by atoms with Gasteiger partial charge in [0.05, 0.1) is 6.42 Å². The summed E-state index contributed by atoms with van der Waals surface area (Å²) in [6.07, 6.45) is 0.543. The van der Waals surface area contributed by atoms with Gasteiger partial charge in [0.2, 0.25) is 11.8 Å². The standard InChI is InChI=1S/C18H19ClN2O2/c1-13-11-15(19)7-8-16(13)21-17(22)9-10-20-18(23)12-14-5-3-2-4-6-14/h2-8,11H,9-10,12H2,1H3,(H,20,23)(H,21,22). The molecule has 2 N–H and O–H groups in total. The average Bonchev–Trinajstić information content (AvgIpc) is 2.51. The molecule has 2 rings (SSSR count). The Hall–Kier alpha value is -2.33. The van der Waals surface area contributed by atoms with E-state index < -0.39 is 0 Å². The predicted molar refractivity (Wildman–Crippen MR) is 92.6 cm³/mol. The van der Waals surface area contributed by atoms with Crippen LogP contribution in [0.3, 0.4) is 0 Å². The van der Waals surface area contributed by atoms with Crippen LogP contribution < -0.4 is 10.6 Å². The van der Waals surface area contributed by atoms with Crippen LogP contribution in [0.25, 0.3) is 0 Å². The molecule has 5 heteroatoms. The zero-order valence-corrected chi connectivity index (χ0v) is 13.7. The van der Waals surface area contributed by atoms with Gasteiger partial charge >= 0.3 is 0 Å². The van der Waals surface area contributed by atoms with E-state index in [1.54, 1.807) is 18.2 Å². The smallest absolute Gasteiger partial charge is 0.226 e. The van der Waals surface area contributed by atoms with Gasteiger partial charge in [0.15, 0.2) is 0 Å². The van der Waals surface area contributed by atoms with Gasteiger partial charge in [-0.25, -0.2) is 0 Å². The number of anilines is 1. The Bertz CT molecular complexity index is 687. The van der Waals surface area contributed by atoms with Crippen LogP contribution in [0, 0.1) is 6.92 Å². The Labute approximate surface area is 140 Å². The third-order valence-electron chi connectivity index (χ3n) is 3.34. The van der Waals surface area contributed by atoms with Crippen LogP contribution in [0.2, 0.25) is 5.02 Å². The summed E-state index contributed by atoms with van der Waals surface area (Å²) in [6.45, 7) is 2.19. The van der Waals surface area contributed by atoms with Crippen molar-refractivity contribution in [3.8, 4) is 0 Å². The van der Waals surface area contributed by atoms with Crippen molar-refractivity contribution in [2.45, 2.75) is 19.8 Å². The van der Waals surface area contributed by atoms with Gasteiger partial charge in [-0.2, -0.15) is 0 Å².